The molecule has 0 amide bonds. The summed E-state index contributed by atoms with van der Waals surface area (Å²) in [5.41, 5.74) is 1.17. The molecule has 1 fully saturated rings. The molecule has 1 saturated heterocycles. The first-order valence-corrected chi connectivity index (χ1v) is 10.0. The molecule has 2 atom stereocenters. The van der Waals surface area contributed by atoms with Crippen LogP contribution in [0.2, 0.25) is 0 Å². The van der Waals surface area contributed by atoms with Gasteiger partial charge in [-0.25, -0.2) is 8.42 Å². The van der Waals surface area contributed by atoms with E-state index >= 15 is 0 Å². The number of benzene rings is 1. The molecule has 0 aromatic heterocycles. The summed E-state index contributed by atoms with van der Waals surface area (Å²) in [5.74, 6) is 0.411. The molecule has 132 valence electrons. The third kappa shape index (κ3) is 4.35. The van der Waals surface area contributed by atoms with Gasteiger partial charge in [0, 0.05) is 32.7 Å². The molecule has 0 unspecified atom stereocenters. The SMILES string of the molecule is CC[C@H](C)c1ccc(S(=O)(=O)N2CCN(C[C@H](C)C#N)CC2)cc1. The number of nitrogens with zero attached hydrogens (tertiary/aromatic N) is 3. The fraction of sp³-hybridized carbons (Fsp3) is 0.611. The Labute approximate surface area is 145 Å². The van der Waals surface area contributed by atoms with Crippen LogP contribution < -0.4 is 0 Å². The largest absolute Gasteiger partial charge is 0.299 e. The van der Waals surface area contributed by atoms with E-state index in [-0.39, 0.29) is 5.92 Å². The Bertz CT molecular complexity index is 671. The van der Waals surface area contributed by atoms with Crippen LogP contribution in [0.1, 0.15) is 38.7 Å². The average Bonchev–Trinajstić information content (AvgIpc) is 2.61. The van der Waals surface area contributed by atoms with Crippen molar-refractivity contribution in [2.45, 2.75) is 38.0 Å². The van der Waals surface area contributed by atoms with Gasteiger partial charge in [-0.1, -0.05) is 26.0 Å². The molecular weight excluding hydrogens is 322 g/mol. The van der Waals surface area contributed by atoms with Crippen molar-refractivity contribution in [1.29, 1.82) is 5.26 Å². The Morgan fingerprint density at radius 2 is 1.71 bits per heavy atom. The average molecular weight is 350 g/mol. The summed E-state index contributed by atoms with van der Waals surface area (Å²) >= 11 is 0. The van der Waals surface area contributed by atoms with Gasteiger partial charge in [-0.15, -0.1) is 0 Å². The van der Waals surface area contributed by atoms with Crippen molar-refractivity contribution >= 4 is 10.0 Å². The maximum atomic E-state index is 12.8. The lowest BCUT2D eigenvalue weighted by molar-refractivity contribution is 0.178. The first-order valence-electron chi connectivity index (χ1n) is 8.60. The quantitative estimate of drug-likeness (QED) is 0.792. The zero-order valence-corrected chi connectivity index (χ0v) is 15.6. The molecule has 1 heterocycles. The van der Waals surface area contributed by atoms with E-state index in [9.17, 15) is 8.42 Å². The molecule has 1 aliphatic rings. The van der Waals surface area contributed by atoms with Crippen molar-refractivity contribution in [3.8, 4) is 6.07 Å². The van der Waals surface area contributed by atoms with Gasteiger partial charge in [-0.3, -0.25) is 4.90 Å². The fourth-order valence-electron chi connectivity index (χ4n) is 2.93. The van der Waals surface area contributed by atoms with Crippen molar-refractivity contribution in [2.24, 2.45) is 5.92 Å². The van der Waals surface area contributed by atoms with E-state index in [2.05, 4.69) is 24.8 Å². The van der Waals surface area contributed by atoms with Gasteiger partial charge in [0.1, 0.15) is 0 Å². The van der Waals surface area contributed by atoms with Crippen LogP contribution in [0.4, 0.5) is 0 Å². The zero-order valence-electron chi connectivity index (χ0n) is 14.8. The summed E-state index contributed by atoms with van der Waals surface area (Å²) in [4.78, 5) is 2.53. The second kappa shape index (κ2) is 8.11. The zero-order chi connectivity index (χ0) is 17.7. The third-order valence-corrected chi connectivity index (χ3v) is 6.70. The van der Waals surface area contributed by atoms with Gasteiger partial charge in [0.2, 0.25) is 10.0 Å². The monoisotopic (exact) mass is 349 g/mol. The summed E-state index contributed by atoms with van der Waals surface area (Å²) < 4.78 is 27.1. The minimum Gasteiger partial charge on any atom is -0.299 e. The van der Waals surface area contributed by atoms with Crippen LogP contribution in [-0.4, -0.2) is 50.3 Å². The predicted molar refractivity (Wildman–Crippen MR) is 95.1 cm³/mol. The third-order valence-electron chi connectivity index (χ3n) is 4.78. The van der Waals surface area contributed by atoms with Gasteiger partial charge in [0.15, 0.2) is 0 Å². The van der Waals surface area contributed by atoms with Crippen LogP contribution in [0.5, 0.6) is 0 Å². The van der Waals surface area contributed by atoms with Crippen LogP contribution in [0.25, 0.3) is 0 Å². The summed E-state index contributed by atoms with van der Waals surface area (Å²) in [7, 11) is -3.43. The maximum Gasteiger partial charge on any atom is 0.243 e. The topological polar surface area (TPSA) is 64.4 Å². The van der Waals surface area contributed by atoms with Crippen LogP contribution in [0.15, 0.2) is 29.2 Å². The van der Waals surface area contributed by atoms with Gasteiger partial charge >= 0.3 is 0 Å². The Morgan fingerprint density at radius 1 is 1.12 bits per heavy atom. The van der Waals surface area contributed by atoms with E-state index < -0.39 is 10.0 Å². The van der Waals surface area contributed by atoms with E-state index in [0.717, 1.165) is 6.42 Å². The standard InChI is InChI=1S/C18H27N3O2S/c1-4-16(3)17-5-7-18(8-6-17)24(22,23)21-11-9-20(10-12-21)14-15(2)13-19/h5-8,15-16H,4,9-12,14H2,1-3H3/t15-,16+/m1/s1. The predicted octanol–water partition coefficient (Wildman–Crippen LogP) is 2.67. The molecule has 24 heavy (non-hydrogen) atoms. The Morgan fingerprint density at radius 3 is 2.21 bits per heavy atom. The molecule has 1 aliphatic heterocycles. The van der Waals surface area contributed by atoms with Crippen molar-refractivity contribution in [2.75, 3.05) is 32.7 Å². The molecule has 1 aromatic rings. The first kappa shape index (κ1) is 18.9. The molecule has 5 nitrogen and oxygen atoms in total. The fourth-order valence-corrected chi connectivity index (χ4v) is 4.36. The summed E-state index contributed by atoms with van der Waals surface area (Å²) in [5, 5.41) is 8.89. The number of hydrogen-bond donors (Lipinski definition) is 0. The minimum atomic E-state index is -3.43. The van der Waals surface area contributed by atoms with Crippen LogP contribution >= 0.6 is 0 Å². The second-order valence-corrected chi connectivity index (χ2v) is 8.55. The Balaban J connectivity index is 2.03. The lowest BCUT2D eigenvalue weighted by Gasteiger charge is -2.34. The highest BCUT2D eigenvalue weighted by molar-refractivity contribution is 7.89. The lowest BCUT2D eigenvalue weighted by Crippen LogP contribution is -2.49. The van der Waals surface area contributed by atoms with Crippen LogP contribution in [0, 0.1) is 17.2 Å². The maximum absolute atomic E-state index is 12.8. The number of hydrogen-bond acceptors (Lipinski definition) is 4. The van der Waals surface area contributed by atoms with Gasteiger partial charge < -0.3 is 0 Å². The highest BCUT2D eigenvalue weighted by Gasteiger charge is 2.28. The molecule has 0 N–H and O–H groups in total. The van der Waals surface area contributed by atoms with Crippen molar-refractivity contribution in [1.82, 2.24) is 9.21 Å². The molecule has 0 saturated carbocycles. The van der Waals surface area contributed by atoms with Crippen LogP contribution in [0.3, 0.4) is 0 Å². The summed E-state index contributed by atoms with van der Waals surface area (Å²) in [6, 6.07) is 9.52. The molecule has 0 radical (unpaired) electrons. The molecule has 2 rings (SSSR count). The van der Waals surface area contributed by atoms with Crippen molar-refractivity contribution < 1.29 is 8.42 Å². The number of rotatable bonds is 6. The minimum absolute atomic E-state index is 0.0266. The van der Waals surface area contributed by atoms with Crippen molar-refractivity contribution in [3.63, 3.8) is 0 Å². The van der Waals surface area contributed by atoms with Gasteiger partial charge in [0.05, 0.1) is 16.9 Å². The van der Waals surface area contributed by atoms with Crippen molar-refractivity contribution in [3.05, 3.63) is 29.8 Å². The smallest absolute Gasteiger partial charge is 0.243 e. The lowest BCUT2D eigenvalue weighted by atomic mass is 9.99. The van der Waals surface area contributed by atoms with E-state index in [1.54, 1.807) is 16.4 Å². The van der Waals surface area contributed by atoms with E-state index in [0.29, 0.717) is 43.5 Å². The summed E-state index contributed by atoms with van der Waals surface area (Å²) in [6.45, 7) is 9.18. The number of piperazine rings is 1. The van der Waals surface area contributed by atoms with Gasteiger partial charge in [-0.2, -0.15) is 9.57 Å². The summed E-state index contributed by atoms with van der Waals surface area (Å²) in [6.07, 6.45) is 1.04. The van der Waals surface area contributed by atoms with E-state index in [1.165, 1.54) is 5.56 Å². The van der Waals surface area contributed by atoms with Gasteiger partial charge in [0.25, 0.3) is 0 Å². The normalized spacial score (nSPS) is 19.6. The second-order valence-electron chi connectivity index (χ2n) is 6.61. The molecule has 0 spiro atoms. The van der Waals surface area contributed by atoms with Gasteiger partial charge in [-0.05, 0) is 37.0 Å². The van der Waals surface area contributed by atoms with E-state index in [4.69, 9.17) is 5.26 Å². The highest BCUT2D eigenvalue weighted by Crippen LogP contribution is 2.23. The molecule has 0 aliphatic carbocycles. The van der Waals surface area contributed by atoms with E-state index in [1.807, 2.05) is 19.1 Å². The number of nitriles is 1. The molecule has 6 heteroatoms. The molecule has 0 bridgehead atoms. The first-order chi connectivity index (χ1) is 11.4. The molecule has 1 aromatic carbocycles. The highest BCUT2D eigenvalue weighted by atomic mass is 32.2. The Hall–Kier alpha value is -1.42. The van der Waals surface area contributed by atoms with Crippen LogP contribution in [-0.2, 0) is 10.0 Å². The molecular formula is C18H27N3O2S. The number of sulfonamides is 1. The Kier molecular flexibility index (Phi) is 6.39.